The summed E-state index contributed by atoms with van der Waals surface area (Å²) in [5, 5.41) is 13.3. The molecular formula is C23H26F4N2O3. The van der Waals surface area contributed by atoms with Crippen LogP contribution in [0.15, 0.2) is 48.5 Å². The summed E-state index contributed by atoms with van der Waals surface area (Å²) >= 11 is 0. The third kappa shape index (κ3) is 7.64. The highest BCUT2D eigenvalue weighted by Gasteiger charge is 2.38. The fourth-order valence-electron chi connectivity index (χ4n) is 3.49. The topological polar surface area (TPSA) is 78.4 Å². The van der Waals surface area contributed by atoms with Gasteiger partial charge in [0.15, 0.2) is 0 Å². The SMILES string of the molecule is CNC1CCC(C(=O)NCc2cc(-c3ccccc3)ccc2F)CC1.O=C(O)C(F)(F)F. The van der Waals surface area contributed by atoms with Crippen molar-refractivity contribution in [2.75, 3.05) is 7.05 Å². The Morgan fingerprint density at radius 2 is 1.59 bits per heavy atom. The number of carboxylic acids is 1. The van der Waals surface area contributed by atoms with Gasteiger partial charge in [-0.25, -0.2) is 9.18 Å². The number of hydrogen-bond donors (Lipinski definition) is 3. The standard InChI is InChI=1S/C21H25FN2O.C2HF3O2/c1-23-19-10-7-16(8-11-19)21(25)24-14-18-13-17(9-12-20(18)22)15-5-3-2-4-6-15;3-2(4,5)1(6)7/h2-6,9,12-13,16,19,23H,7-8,10-11,14H2,1H3,(H,24,25);(H,6,7). The van der Waals surface area contributed by atoms with Crippen LogP contribution >= 0.6 is 0 Å². The molecule has 1 saturated carbocycles. The number of amides is 1. The third-order valence-electron chi connectivity index (χ3n) is 5.35. The number of aliphatic carboxylic acids is 1. The first-order valence-corrected chi connectivity index (χ1v) is 10.2. The highest BCUT2D eigenvalue weighted by molar-refractivity contribution is 5.78. The van der Waals surface area contributed by atoms with Crippen molar-refractivity contribution >= 4 is 11.9 Å². The van der Waals surface area contributed by atoms with E-state index in [0.717, 1.165) is 36.8 Å². The Morgan fingerprint density at radius 1 is 1.00 bits per heavy atom. The maximum atomic E-state index is 14.1. The number of hydrogen-bond acceptors (Lipinski definition) is 3. The van der Waals surface area contributed by atoms with Crippen LogP contribution < -0.4 is 10.6 Å². The van der Waals surface area contributed by atoms with Gasteiger partial charge < -0.3 is 15.7 Å². The van der Waals surface area contributed by atoms with Gasteiger partial charge in [0.05, 0.1) is 0 Å². The fraction of sp³-hybridized carbons (Fsp3) is 0.391. The Bertz CT molecular complexity index is 896. The van der Waals surface area contributed by atoms with Crippen LogP contribution in [0.2, 0.25) is 0 Å². The summed E-state index contributed by atoms with van der Waals surface area (Å²) in [7, 11) is 1.97. The maximum Gasteiger partial charge on any atom is 0.490 e. The van der Waals surface area contributed by atoms with Crippen molar-refractivity contribution in [1.82, 2.24) is 10.6 Å². The fourth-order valence-corrected chi connectivity index (χ4v) is 3.49. The Morgan fingerprint density at radius 3 is 2.12 bits per heavy atom. The first kappa shape index (κ1) is 25.3. The molecule has 1 aliphatic rings. The molecule has 0 aliphatic heterocycles. The zero-order valence-electron chi connectivity index (χ0n) is 17.6. The number of carbonyl (C=O) groups excluding carboxylic acids is 1. The molecule has 5 nitrogen and oxygen atoms in total. The molecule has 0 bridgehead atoms. The summed E-state index contributed by atoms with van der Waals surface area (Å²) in [4.78, 5) is 21.3. The Kier molecular flexibility index (Phi) is 9.19. The van der Waals surface area contributed by atoms with Crippen molar-refractivity contribution in [2.24, 2.45) is 5.92 Å². The van der Waals surface area contributed by atoms with E-state index in [9.17, 15) is 22.4 Å². The lowest BCUT2D eigenvalue weighted by atomic mass is 9.85. The molecule has 1 aliphatic carbocycles. The number of benzene rings is 2. The molecule has 0 atom stereocenters. The molecule has 0 aromatic heterocycles. The summed E-state index contributed by atoms with van der Waals surface area (Å²) in [6.45, 7) is 0.233. The molecule has 9 heteroatoms. The molecule has 0 saturated heterocycles. The van der Waals surface area contributed by atoms with Crippen LogP contribution in [0.3, 0.4) is 0 Å². The smallest absolute Gasteiger partial charge is 0.475 e. The Hall–Kier alpha value is -2.94. The van der Waals surface area contributed by atoms with Crippen molar-refractivity contribution < 1.29 is 32.3 Å². The van der Waals surface area contributed by atoms with Gasteiger partial charge >= 0.3 is 12.1 Å². The van der Waals surface area contributed by atoms with Crippen molar-refractivity contribution in [2.45, 2.75) is 44.4 Å². The molecular weight excluding hydrogens is 428 g/mol. The minimum Gasteiger partial charge on any atom is -0.475 e. The van der Waals surface area contributed by atoms with Gasteiger partial charge in [-0.3, -0.25) is 4.79 Å². The molecule has 32 heavy (non-hydrogen) atoms. The molecule has 3 N–H and O–H groups in total. The van der Waals surface area contributed by atoms with Gasteiger partial charge in [0.2, 0.25) is 5.91 Å². The summed E-state index contributed by atoms with van der Waals surface area (Å²) in [5.74, 6) is -2.95. The molecule has 0 radical (unpaired) electrons. The first-order valence-electron chi connectivity index (χ1n) is 10.2. The van der Waals surface area contributed by atoms with Gasteiger partial charge in [0, 0.05) is 24.1 Å². The average molecular weight is 454 g/mol. The number of rotatable bonds is 5. The van der Waals surface area contributed by atoms with Gasteiger partial charge in [0.25, 0.3) is 0 Å². The van der Waals surface area contributed by atoms with Gasteiger partial charge in [0.1, 0.15) is 5.82 Å². The van der Waals surface area contributed by atoms with Gasteiger partial charge in [-0.1, -0.05) is 36.4 Å². The van der Waals surface area contributed by atoms with Gasteiger partial charge in [-0.05, 0) is 56.0 Å². The third-order valence-corrected chi connectivity index (χ3v) is 5.35. The normalized spacial score (nSPS) is 18.3. The van der Waals surface area contributed by atoms with E-state index in [1.165, 1.54) is 6.07 Å². The number of carbonyl (C=O) groups is 2. The van der Waals surface area contributed by atoms with Crippen molar-refractivity contribution in [3.8, 4) is 11.1 Å². The number of nitrogens with one attached hydrogen (secondary N) is 2. The number of halogens is 4. The first-order chi connectivity index (χ1) is 15.1. The van der Waals surface area contributed by atoms with E-state index in [-0.39, 0.29) is 24.2 Å². The molecule has 3 rings (SSSR count). The van der Waals surface area contributed by atoms with E-state index < -0.39 is 12.1 Å². The zero-order valence-corrected chi connectivity index (χ0v) is 17.6. The van der Waals surface area contributed by atoms with Crippen molar-refractivity contribution in [3.63, 3.8) is 0 Å². The van der Waals surface area contributed by atoms with Crippen molar-refractivity contribution in [1.29, 1.82) is 0 Å². The maximum absolute atomic E-state index is 14.1. The van der Waals surface area contributed by atoms with Crippen molar-refractivity contribution in [3.05, 3.63) is 59.9 Å². The highest BCUT2D eigenvalue weighted by atomic mass is 19.4. The summed E-state index contributed by atoms with van der Waals surface area (Å²) in [6, 6.07) is 15.5. The van der Waals surface area contributed by atoms with Crippen LogP contribution in [0, 0.1) is 11.7 Å². The van der Waals surface area contributed by atoms with Crippen LogP contribution in [-0.2, 0) is 16.1 Å². The second-order valence-electron chi connectivity index (χ2n) is 7.53. The summed E-state index contributed by atoms with van der Waals surface area (Å²) in [5.41, 5.74) is 2.53. The van der Waals surface area contributed by atoms with E-state index >= 15 is 0 Å². The monoisotopic (exact) mass is 454 g/mol. The molecule has 1 amide bonds. The lowest BCUT2D eigenvalue weighted by molar-refractivity contribution is -0.192. The van der Waals surface area contributed by atoms with Crippen LogP contribution in [0.25, 0.3) is 11.1 Å². The Labute approximate surface area is 183 Å². The summed E-state index contributed by atoms with van der Waals surface area (Å²) in [6.07, 6.45) is -1.26. The predicted octanol–water partition coefficient (Wildman–Crippen LogP) is 4.52. The van der Waals surface area contributed by atoms with Crippen LogP contribution in [0.5, 0.6) is 0 Å². The molecule has 2 aromatic rings. The highest BCUT2D eigenvalue weighted by Crippen LogP contribution is 2.25. The molecule has 2 aromatic carbocycles. The lowest BCUT2D eigenvalue weighted by Crippen LogP contribution is -2.37. The summed E-state index contributed by atoms with van der Waals surface area (Å²) < 4.78 is 45.9. The lowest BCUT2D eigenvalue weighted by Gasteiger charge is -2.27. The molecule has 1 fully saturated rings. The largest absolute Gasteiger partial charge is 0.490 e. The van der Waals surface area contributed by atoms with E-state index in [1.54, 1.807) is 6.07 Å². The quantitative estimate of drug-likeness (QED) is 0.581. The van der Waals surface area contributed by atoms with Gasteiger partial charge in [-0.15, -0.1) is 0 Å². The minimum absolute atomic E-state index is 0.0408. The van der Waals surface area contributed by atoms with E-state index in [1.807, 2.05) is 43.4 Å². The molecule has 0 spiro atoms. The zero-order chi connectivity index (χ0) is 23.7. The molecule has 0 heterocycles. The number of carboxylic acid groups (broad SMARTS) is 1. The molecule has 0 unspecified atom stereocenters. The van der Waals surface area contributed by atoms with Crippen LogP contribution in [0.4, 0.5) is 17.6 Å². The number of alkyl halides is 3. The second kappa shape index (κ2) is 11.6. The van der Waals surface area contributed by atoms with Crippen LogP contribution in [0.1, 0.15) is 31.2 Å². The minimum atomic E-state index is -5.08. The van der Waals surface area contributed by atoms with E-state index in [0.29, 0.717) is 11.6 Å². The van der Waals surface area contributed by atoms with Crippen LogP contribution in [-0.4, -0.2) is 36.2 Å². The average Bonchev–Trinajstić information content (AvgIpc) is 2.78. The van der Waals surface area contributed by atoms with E-state index in [4.69, 9.17) is 9.90 Å². The van der Waals surface area contributed by atoms with E-state index in [2.05, 4.69) is 10.6 Å². The predicted molar refractivity (Wildman–Crippen MR) is 112 cm³/mol. The van der Waals surface area contributed by atoms with Gasteiger partial charge in [-0.2, -0.15) is 13.2 Å². The Balaban J connectivity index is 0.000000451. The molecule has 174 valence electrons. The second-order valence-corrected chi connectivity index (χ2v) is 7.53.